The van der Waals surface area contributed by atoms with E-state index in [0.29, 0.717) is 12.2 Å². The third-order valence-electron chi connectivity index (χ3n) is 5.61. The summed E-state index contributed by atoms with van der Waals surface area (Å²) in [6.07, 6.45) is 3.33. The Bertz CT molecular complexity index is 795. The van der Waals surface area contributed by atoms with E-state index in [1.165, 1.54) is 5.56 Å². The Morgan fingerprint density at radius 2 is 1.80 bits per heavy atom. The molecule has 0 aromatic heterocycles. The first-order chi connectivity index (χ1) is 14.8. The quantitative estimate of drug-likeness (QED) is 0.723. The van der Waals surface area contributed by atoms with E-state index in [2.05, 4.69) is 22.3 Å². The maximum atomic E-state index is 12.5. The van der Waals surface area contributed by atoms with Gasteiger partial charge in [0.2, 0.25) is 0 Å². The number of morpholine rings is 1. The van der Waals surface area contributed by atoms with Gasteiger partial charge in [0.25, 0.3) is 5.91 Å². The number of nitrogens with one attached hydrogen (secondary N) is 1. The van der Waals surface area contributed by atoms with Gasteiger partial charge in [0, 0.05) is 37.5 Å². The van der Waals surface area contributed by atoms with Crippen LogP contribution in [0.2, 0.25) is 0 Å². The van der Waals surface area contributed by atoms with Gasteiger partial charge in [-0.15, -0.1) is 0 Å². The summed E-state index contributed by atoms with van der Waals surface area (Å²) in [5, 5.41) is 2.96. The van der Waals surface area contributed by atoms with Crippen molar-refractivity contribution in [3.05, 3.63) is 59.7 Å². The van der Waals surface area contributed by atoms with Crippen molar-refractivity contribution in [3.8, 4) is 5.75 Å². The lowest BCUT2D eigenvalue weighted by atomic mass is 10.1. The molecule has 0 aliphatic carbocycles. The number of carbonyl (C=O) groups is 1. The molecule has 6 heteroatoms. The minimum atomic E-state index is -0.123. The van der Waals surface area contributed by atoms with Crippen molar-refractivity contribution >= 4 is 11.6 Å². The number of anilines is 1. The van der Waals surface area contributed by atoms with Crippen molar-refractivity contribution in [2.24, 2.45) is 0 Å². The fourth-order valence-corrected chi connectivity index (χ4v) is 3.74. The lowest BCUT2D eigenvalue weighted by Gasteiger charge is -2.26. The van der Waals surface area contributed by atoms with Crippen LogP contribution in [0.25, 0.3) is 0 Å². The topological polar surface area (TPSA) is 60.0 Å². The number of carbonyl (C=O) groups excluding carboxylic acids is 1. The Kier molecular flexibility index (Phi) is 7.34. The van der Waals surface area contributed by atoms with E-state index in [0.717, 1.165) is 70.2 Å². The van der Waals surface area contributed by atoms with Crippen molar-refractivity contribution in [3.63, 3.8) is 0 Å². The summed E-state index contributed by atoms with van der Waals surface area (Å²) in [6.45, 7) is 6.08. The highest BCUT2D eigenvalue weighted by Crippen LogP contribution is 2.18. The number of nitrogens with zero attached hydrogens (tertiary/aromatic N) is 1. The van der Waals surface area contributed by atoms with Crippen molar-refractivity contribution in [1.82, 2.24) is 4.90 Å². The molecule has 6 nitrogen and oxygen atoms in total. The smallest absolute Gasteiger partial charge is 0.255 e. The van der Waals surface area contributed by atoms with Gasteiger partial charge in [0.15, 0.2) is 0 Å². The lowest BCUT2D eigenvalue weighted by Crippen LogP contribution is -2.37. The zero-order valence-corrected chi connectivity index (χ0v) is 17.3. The summed E-state index contributed by atoms with van der Waals surface area (Å²) in [4.78, 5) is 14.9. The highest BCUT2D eigenvalue weighted by molar-refractivity contribution is 6.04. The Balaban J connectivity index is 1.23. The Morgan fingerprint density at radius 1 is 1.03 bits per heavy atom. The van der Waals surface area contributed by atoms with Gasteiger partial charge in [-0.3, -0.25) is 9.69 Å². The van der Waals surface area contributed by atoms with Gasteiger partial charge in [-0.05, 0) is 61.2 Å². The van der Waals surface area contributed by atoms with Crippen LogP contribution < -0.4 is 10.1 Å². The van der Waals surface area contributed by atoms with Crippen LogP contribution in [0.5, 0.6) is 5.75 Å². The number of benzene rings is 2. The lowest BCUT2D eigenvalue weighted by molar-refractivity contribution is 0.0384. The van der Waals surface area contributed by atoms with Gasteiger partial charge in [0.1, 0.15) is 12.4 Å². The van der Waals surface area contributed by atoms with E-state index >= 15 is 0 Å². The Labute approximate surface area is 178 Å². The van der Waals surface area contributed by atoms with E-state index in [-0.39, 0.29) is 12.0 Å². The van der Waals surface area contributed by atoms with Crippen LogP contribution in [0.3, 0.4) is 0 Å². The molecule has 0 radical (unpaired) electrons. The molecule has 2 aliphatic heterocycles. The second kappa shape index (κ2) is 10.6. The zero-order valence-electron chi connectivity index (χ0n) is 17.3. The molecule has 160 valence electrons. The molecule has 2 aromatic rings. The zero-order chi connectivity index (χ0) is 20.6. The summed E-state index contributed by atoms with van der Waals surface area (Å²) in [7, 11) is 0. The first kappa shape index (κ1) is 20.8. The van der Waals surface area contributed by atoms with Crippen LogP contribution in [-0.2, 0) is 15.9 Å². The van der Waals surface area contributed by atoms with Crippen molar-refractivity contribution in [2.45, 2.75) is 25.4 Å². The number of ether oxygens (including phenoxy) is 3. The van der Waals surface area contributed by atoms with Gasteiger partial charge >= 0.3 is 0 Å². The molecular weight excluding hydrogens is 380 g/mol. The molecule has 1 atom stereocenters. The highest BCUT2D eigenvalue weighted by Gasteiger charge is 2.16. The van der Waals surface area contributed by atoms with Crippen molar-refractivity contribution < 1.29 is 19.0 Å². The van der Waals surface area contributed by atoms with Crippen LogP contribution in [0.1, 0.15) is 28.8 Å². The van der Waals surface area contributed by atoms with Crippen LogP contribution in [-0.4, -0.2) is 63.0 Å². The van der Waals surface area contributed by atoms with Crippen LogP contribution in [0, 0.1) is 0 Å². The number of amides is 1. The van der Waals surface area contributed by atoms with Gasteiger partial charge in [-0.1, -0.05) is 12.1 Å². The highest BCUT2D eigenvalue weighted by atomic mass is 16.5. The molecule has 2 fully saturated rings. The number of rotatable bonds is 8. The number of hydrogen-bond donors (Lipinski definition) is 1. The molecule has 0 saturated carbocycles. The molecule has 0 unspecified atom stereocenters. The first-order valence-corrected chi connectivity index (χ1v) is 10.8. The third kappa shape index (κ3) is 6.05. The van der Waals surface area contributed by atoms with E-state index in [1.807, 2.05) is 24.3 Å². The number of hydrogen-bond acceptors (Lipinski definition) is 5. The van der Waals surface area contributed by atoms with Crippen molar-refractivity contribution in [1.29, 1.82) is 0 Å². The van der Waals surface area contributed by atoms with Crippen LogP contribution >= 0.6 is 0 Å². The van der Waals surface area contributed by atoms with E-state index in [1.54, 1.807) is 12.1 Å². The Morgan fingerprint density at radius 3 is 2.50 bits per heavy atom. The van der Waals surface area contributed by atoms with E-state index in [4.69, 9.17) is 14.2 Å². The summed E-state index contributed by atoms with van der Waals surface area (Å²) >= 11 is 0. The fourth-order valence-electron chi connectivity index (χ4n) is 3.74. The molecule has 2 heterocycles. The average Bonchev–Trinajstić information content (AvgIpc) is 3.32. The van der Waals surface area contributed by atoms with Crippen LogP contribution in [0.15, 0.2) is 48.5 Å². The van der Waals surface area contributed by atoms with Crippen LogP contribution in [0.4, 0.5) is 5.69 Å². The summed E-state index contributed by atoms with van der Waals surface area (Å²) in [6, 6.07) is 15.3. The van der Waals surface area contributed by atoms with Gasteiger partial charge in [0.05, 0.1) is 19.3 Å². The summed E-state index contributed by atoms with van der Waals surface area (Å²) in [5.74, 6) is 0.633. The SMILES string of the molecule is O=C(Nc1ccc(CCN2CCOCC2)cc1)c1ccc(OC[C@@H]2CCCO2)cc1. The second-order valence-corrected chi connectivity index (χ2v) is 7.83. The second-order valence-electron chi connectivity index (χ2n) is 7.83. The average molecular weight is 411 g/mol. The van der Waals surface area contributed by atoms with Gasteiger partial charge in [-0.2, -0.15) is 0 Å². The third-order valence-corrected chi connectivity index (χ3v) is 5.61. The van der Waals surface area contributed by atoms with Crippen molar-refractivity contribution in [2.75, 3.05) is 51.4 Å². The molecule has 0 spiro atoms. The largest absolute Gasteiger partial charge is 0.491 e. The standard InChI is InChI=1S/C24H30N2O4/c27-24(20-5-9-22(10-6-20)30-18-23-2-1-15-29-23)25-21-7-3-19(4-8-21)11-12-26-13-16-28-17-14-26/h3-10,23H,1-2,11-18H2,(H,25,27)/t23-/m0/s1. The minimum Gasteiger partial charge on any atom is -0.491 e. The normalized spacial score (nSPS) is 19.5. The summed E-state index contributed by atoms with van der Waals surface area (Å²) in [5.41, 5.74) is 2.68. The molecular formula is C24H30N2O4. The molecule has 2 aliphatic rings. The van der Waals surface area contributed by atoms with E-state index in [9.17, 15) is 4.79 Å². The van der Waals surface area contributed by atoms with Gasteiger partial charge < -0.3 is 19.5 Å². The monoisotopic (exact) mass is 410 g/mol. The predicted octanol–water partition coefficient (Wildman–Crippen LogP) is 3.37. The molecule has 30 heavy (non-hydrogen) atoms. The molecule has 1 amide bonds. The molecule has 0 bridgehead atoms. The predicted molar refractivity (Wildman–Crippen MR) is 116 cm³/mol. The Hall–Kier alpha value is -2.41. The summed E-state index contributed by atoms with van der Waals surface area (Å²) < 4.78 is 16.7. The van der Waals surface area contributed by atoms with E-state index < -0.39 is 0 Å². The molecule has 1 N–H and O–H groups in total. The fraction of sp³-hybridized carbons (Fsp3) is 0.458. The maximum absolute atomic E-state index is 12.5. The first-order valence-electron chi connectivity index (χ1n) is 10.8. The molecule has 2 aromatic carbocycles. The minimum absolute atomic E-state index is 0.123. The molecule has 4 rings (SSSR count). The van der Waals surface area contributed by atoms with Gasteiger partial charge in [-0.25, -0.2) is 0 Å². The molecule has 2 saturated heterocycles. The maximum Gasteiger partial charge on any atom is 0.255 e.